The Hall–Kier alpha value is -1.16. The minimum Gasteiger partial charge on any atom is -0.462 e. The van der Waals surface area contributed by atoms with E-state index < -0.39 is 27.0 Å². The average Bonchev–Trinajstić information content (AvgIpc) is 2.37. The Morgan fingerprint density at radius 3 is 1.67 bits per heavy atom. The highest BCUT2D eigenvalue weighted by molar-refractivity contribution is 7.85. The quantitative estimate of drug-likeness (QED) is 0.472. The van der Waals surface area contributed by atoms with Gasteiger partial charge in [-0.2, -0.15) is 8.42 Å². The van der Waals surface area contributed by atoms with Crippen molar-refractivity contribution >= 4 is 45.1 Å². The van der Waals surface area contributed by atoms with E-state index in [2.05, 4.69) is 0 Å². The van der Waals surface area contributed by atoms with Crippen LogP contribution in [0.1, 0.15) is 34.6 Å². The van der Waals surface area contributed by atoms with Crippen LogP contribution in [0.25, 0.3) is 0 Å². The Balaban J connectivity index is 0.00000400. The standard InChI is InChI=1S/C12H14O7S.Mg.2H/c1-3-18-11(13)8-5-9(12(14)19-4-2)7-10(6-8)20(15,16)17;;;/h5-7H,3-4H2,1-2H3,(H,15,16,17);;;. The van der Waals surface area contributed by atoms with E-state index in [1.807, 2.05) is 0 Å². The number of esters is 2. The van der Waals surface area contributed by atoms with Gasteiger partial charge >= 0.3 is 35.0 Å². The van der Waals surface area contributed by atoms with Crippen LogP contribution < -0.4 is 0 Å². The average molecular weight is 329 g/mol. The van der Waals surface area contributed by atoms with Gasteiger partial charge in [0.05, 0.1) is 29.2 Å². The number of carbonyl (C=O) groups is 2. The van der Waals surface area contributed by atoms with Gasteiger partial charge in [-0.05, 0) is 32.0 Å². The Labute approximate surface area is 138 Å². The van der Waals surface area contributed by atoms with Crippen molar-refractivity contribution in [3.8, 4) is 0 Å². The van der Waals surface area contributed by atoms with Crippen molar-refractivity contribution in [2.45, 2.75) is 18.7 Å². The van der Waals surface area contributed by atoms with E-state index in [0.29, 0.717) is 0 Å². The van der Waals surface area contributed by atoms with Gasteiger partial charge in [0.25, 0.3) is 10.1 Å². The van der Waals surface area contributed by atoms with E-state index in [9.17, 15) is 18.0 Å². The minimum atomic E-state index is -4.56. The number of hydrogen-bond donors (Lipinski definition) is 1. The molecule has 0 radical (unpaired) electrons. The molecule has 21 heavy (non-hydrogen) atoms. The third-order valence-corrected chi connectivity index (χ3v) is 3.06. The van der Waals surface area contributed by atoms with Gasteiger partial charge in [0.1, 0.15) is 0 Å². The fourth-order valence-corrected chi connectivity index (χ4v) is 1.96. The molecule has 0 heterocycles. The molecule has 1 N–H and O–H groups in total. The third-order valence-electron chi connectivity index (χ3n) is 2.23. The monoisotopic (exact) mass is 328 g/mol. The summed E-state index contributed by atoms with van der Waals surface area (Å²) in [4.78, 5) is 22.6. The molecular weight excluding hydrogens is 312 g/mol. The highest BCUT2D eigenvalue weighted by atomic mass is 32.2. The number of carbonyl (C=O) groups excluding carboxylic acids is 2. The molecule has 7 nitrogen and oxygen atoms in total. The molecule has 1 aromatic rings. The Kier molecular flexibility index (Phi) is 7.86. The SMILES string of the molecule is CCOC(=O)c1cc(C(=O)OCC)cc(S(=O)(=O)O)c1.[MgH2]. The number of benzene rings is 1. The maximum absolute atomic E-state index is 11.6. The predicted octanol–water partition coefficient (Wildman–Crippen LogP) is 0.370. The molecule has 9 heteroatoms. The number of rotatable bonds is 5. The number of hydrogen-bond acceptors (Lipinski definition) is 6. The van der Waals surface area contributed by atoms with Gasteiger partial charge in [-0.3, -0.25) is 4.55 Å². The van der Waals surface area contributed by atoms with E-state index in [4.69, 9.17) is 14.0 Å². The lowest BCUT2D eigenvalue weighted by Crippen LogP contribution is -2.11. The molecule has 0 saturated heterocycles. The summed E-state index contributed by atoms with van der Waals surface area (Å²) in [7, 11) is -4.56. The second-order valence-electron chi connectivity index (χ2n) is 3.66. The van der Waals surface area contributed by atoms with Crippen molar-refractivity contribution in [3.05, 3.63) is 29.3 Å². The Morgan fingerprint density at radius 2 is 1.38 bits per heavy atom. The molecule has 0 unspecified atom stereocenters. The normalized spacial score (nSPS) is 10.4. The van der Waals surface area contributed by atoms with Crippen molar-refractivity contribution in [1.29, 1.82) is 0 Å². The van der Waals surface area contributed by atoms with Gasteiger partial charge < -0.3 is 9.47 Å². The van der Waals surface area contributed by atoms with Crippen LogP contribution in [-0.4, -0.2) is 61.2 Å². The van der Waals surface area contributed by atoms with Crippen molar-refractivity contribution in [2.24, 2.45) is 0 Å². The Morgan fingerprint density at radius 1 is 1.00 bits per heavy atom. The molecule has 0 aromatic heterocycles. The Bertz CT molecular complexity index is 588. The fraction of sp³-hybridized carbons (Fsp3) is 0.333. The summed E-state index contributed by atoms with van der Waals surface area (Å²) in [6.07, 6.45) is 0. The lowest BCUT2D eigenvalue weighted by molar-refractivity contribution is 0.0524. The summed E-state index contributed by atoms with van der Waals surface area (Å²) in [5, 5.41) is 0. The van der Waals surface area contributed by atoms with E-state index >= 15 is 0 Å². The van der Waals surface area contributed by atoms with Gasteiger partial charge in [0, 0.05) is 0 Å². The third kappa shape index (κ3) is 5.62. The van der Waals surface area contributed by atoms with E-state index in [-0.39, 0.29) is 47.4 Å². The van der Waals surface area contributed by atoms with Gasteiger partial charge in [-0.25, -0.2) is 9.59 Å². The van der Waals surface area contributed by atoms with Crippen LogP contribution in [0.5, 0.6) is 0 Å². The first-order chi connectivity index (χ1) is 9.29. The van der Waals surface area contributed by atoms with Crippen molar-refractivity contribution < 1.29 is 32.0 Å². The van der Waals surface area contributed by atoms with Crippen molar-refractivity contribution in [2.75, 3.05) is 13.2 Å². The lowest BCUT2D eigenvalue weighted by atomic mass is 10.1. The van der Waals surface area contributed by atoms with Crippen LogP contribution in [0.4, 0.5) is 0 Å². The second-order valence-corrected chi connectivity index (χ2v) is 5.08. The zero-order chi connectivity index (χ0) is 15.3. The van der Waals surface area contributed by atoms with Crippen LogP contribution in [0.15, 0.2) is 23.1 Å². The molecule has 0 aliphatic rings. The first kappa shape index (κ1) is 19.8. The molecule has 114 valence electrons. The zero-order valence-electron chi connectivity index (χ0n) is 11.0. The van der Waals surface area contributed by atoms with E-state index in [1.165, 1.54) is 0 Å². The molecule has 0 spiro atoms. The molecule has 0 amide bonds. The predicted molar refractivity (Wildman–Crippen MR) is 76.7 cm³/mol. The summed E-state index contributed by atoms with van der Waals surface area (Å²) in [5.41, 5.74) is -0.324. The minimum absolute atomic E-state index is 0. The molecule has 0 aliphatic heterocycles. The lowest BCUT2D eigenvalue weighted by Gasteiger charge is -2.07. The fourth-order valence-electron chi connectivity index (χ4n) is 1.41. The van der Waals surface area contributed by atoms with Crippen molar-refractivity contribution in [3.63, 3.8) is 0 Å². The molecule has 0 fully saturated rings. The molecule has 0 bridgehead atoms. The summed E-state index contributed by atoms with van der Waals surface area (Å²) >= 11 is 0. The maximum atomic E-state index is 11.6. The molecule has 0 saturated carbocycles. The first-order valence-corrected chi connectivity index (χ1v) is 7.20. The van der Waals surface area contributed by atoms with Gasteiger partial charge in [0.15, 0.2) is 0 Å². The maximum Gasteiger partial charge on any atom is 0.338 e. The molecule has 1 rings (SSSR count). The summed E-state index contributed by atoms with van der Waals surface area (Å²) in [6, 6.07) is 3.00. The molecule has 1 aromatic carbocycles. The second kappa shape index (κ2) is 8.32. The first-order valence-electron chi connectivity index (χ1n) is 5.76. The van der Waals surface area contributed by atoms with Gasteiger partial charge in [-0.1, -0.05) is 0 Å². The van der Waals surface area contributed by atoms with E-state index in [1.54, 1.807) is 13.8 Å². The highest BCUT2D eigenvalue weighted by Crippen LogP contribution is 2.17. The van der Waals surface area contributed by atoms with E-state index in [0.717, 1.165) is 18.2 Å². The van der Waals surface area contributed by atoms with Gasteiger partial charge in [0.2, 0.25) is 0 Å². The highest BCUT2D eigenvalue weighted by Gasteiger charge is 2.19. The summed E-state index contributed by atoms with van der Waals surface area (Å²) in [5.74, 6) is -1.60. The zero-order valence-corrected chi connectivity index (χ0v) is 11.8. The van der Waals surface area contributed by atoms with Crippen LogP contribution in [0.2, 0.25) is 0 Å². The van der Waals surface area contributed by atoms with Crippen LogP contribution in [-0.2, 0) is 19.6 Å². The van der Waals surface area contributed by atoms with Crippen LogP contribution in [0, 0.1) is 0 Å². The molecule has 0 atom stereocenters. The van der Waals surface area contributed by atoms with Crippen molar-refractivity contribution in [1.82, 2.24) is 0 Å². The molecule has 0 aliphatic carbocycles. The smallest absolute Gasteiger partial charge is 0.338 e. The van der Waals surface area contributed by atoms with Gasteiger partial charge in [-0.15, -0.1) is 0 Å². The topological polar surface area (TPSA) is 107 Å². The summed E-state index contributed by atoms with van der Waals surface area (Å²) < 4.78 is 40.8. The van der Waals surface area contributed by atoms with Crippen LogP contribution >= 0.6 is 0 Å². The van der Waals surface area contributed by atoms with Crippen LogP contribution in [0.3, 0.4) is 0 Å². The largest absolute Gasteiger partial charge is 0.462 e. The summed E-state index contributed by atoms with van der Waals surface area (Å²) in [6.45, 7) is 3.33. The molecular formula is C12H16MgO7S. The number of ether oxygens (including phenoxy) is 2.